The molecule has 1 rings (SSSR count). The molecule has 0 radical (unpaired) electrons. The minimum atomic E-state index is -0.751. The molecule has 0 N–H and O–H groups in total. The van der Waals surface area contributed by atoms with E-state index in [9.17, 15) is 9.59 Å². The highest BCUT2D eigenvalue weighted by atomic mass is 16.6. The predicted molar refractivity (Wildman–Crippen MR) is 90.9 cm³/mol. The highest BCUT2D eigenvalue weighted by Crippen LogP contribution is 2.39. The third kappa shape index (κ3) is 6.52. The largest absolute Gasteiger partial charge is 0.465 e. The van der Waals surface area contributed by atoms with E-state index in [0.717, 1.165) is 32.1 Å². The normalized spacial score (nSPS) is 16.8. The molecule has 134 valence electrons. The molecular weight excluding hydrogens is 292 g/mol. The van der Waals surface area contributed by atoms with Crippen molar-refractivity contribution < 1.29 is 19.1 Å². The number of hydrogen-bond donors (Lipinski definition) is 0. The van der Waals surface area contributed by atoms with E-state index in [1.165, 1.54) is 12.8 Å². The standard InChI is InChI=1S/C19H34O4/c1-5-11-22-18(20)17(19(21)23-12-6-2)16(13-14(3)4)15-9-7-8-10-15/h14-17H,5-13H2,1-4H3. The molecule has 0 heterocycles. The molecule has 0 aliphatic heterocycles. The Kier molecular flexibility index (Phi) is 9.27. The molecule has 23 heavy (non-hydrogen) atoms. The summed E-state index contributed by atoms with van der Waals surface area (Å²) in [6.45, 7) is 8.95. The van der Waals surface area contributed by atoms with Crippen LogP contribution in [0.4, 0.5) is 0 Å². The van der Waals surface area contributed by atoms with Gasteiger partial charge in [0.25, 0.3) is 0 Å². The van der Waals surface area contributed by atoms with E-state index >= 15 is 0 Å². The molecule has 1 aliphatic carbocycles. The average molecular weight is 326 g/mol. The van der Waals surface area contributed by atoms with Gasteiger partial charge in [0.2, 0.25) is 0 Å². The van der Waals surface area contributed by atoms with Crippen LogP contribution in [0.15, 0.2) is 0 Å². The van der Waals surface area contributed by atoms with E-state index in [4.69, 9.17) is 9.47 Å². The molecule has 4 nitrogen and oxygen atoms in total. The minimum Gasteiger partial charge on any atom is -0.465 e. The van der Waals surface area contributed by atoms with Gasteiger partial charge in [-0.1, -0.05) is 53.4 Å². The van der Waals surface area contributed by atoms with Crippen LogP contribution < -0.4 is 0 Å². The van der Waals surface area contributed by atoms with Crippen LogP contribution in [0.5, 0.6) is 0 Å². The summed E-state index contributed by atoms with van der Waals surface area (Å²) in [5.74, 6) is -0.590. The zero-order valence-corrected chi connectivity index (χ0v) is 15.3. The van der Waals surface area contributed by atoms with Gasteiger partial charge >= 0.3 is 11.9 Å². The zero-order chi connectivity index (χ0) is 17.2. The van der Waals surface area contributed by atoms with Gasteiger partial charge in [0, 0.05) is 0 Å². The van der Waals surface area contributed by atoms with Gasteiger partial charge in [0.15, 0.2) is 5.92 Å². The first-order valence-electron chi connectivity index (χ1n) is 9.34. The van der Waals surface area contributed by atoms with Gasteiger partial charge in [-0.15, -0.1) is 0 Å². The molecule has 0 amide bonds. The smallest absolute Gasteiger partial charge is 0.320 e. The van der Waals surface area contributed by atoms with Crippen molar-refractivity contribution in [3.05, 3.63) is 0 Å². The summed E-state index contributed by atoms with van der Waals surface area (Å²) in [7, 11) is 0. The maximum atomic E-state index is 12.6. The quantitative estimate of drug-likeness (QED) is 0.442. The van der Waals surface area contributed by atoms with Crippen molar-refractivity contribution in [2.45, 2.75) is 72.6 Å². The van der Waals surface area contributed by atoms with Crippen molar-refractivity contribution in [1.82, 2.24) is 0 Å². The predicted octanol–water partition coefficient (Wildman–Crippen LogP) is 4.36. The molecule has 4 heteroatoms. The third-order valence-electron chi connectivity index (χ3n) is 4.58. The van der Waals surface area contributed by atoms with Gasteiger partial charge in [0.05, 0.1) is 13.2 Å². The number of hydrogen-bond acceptors (Lipinski definition) is 4. The minimum absolute atomic E-state index is 0.0474. The number of esters is 2. The van der Waals surface area contributed by atoms with Crippen LogP contribution in [-0.4, -0.2) is 25.2 Å². The first-order chi connectivity index (χ1) is 11.0. The van der Waals surface area contributed by atoms with Gasteiger partial charge in [-0.3, -0.25) is 9.59 Å². The Morgan fingerprint density at radius 3 is 1.83 bits per heavy atom. The van der Waals surface area contributed by atoms with E-state index in [0.29, 0.717) is 25.0 Å². The first kappa shape index (κ1) is 20.0. The summed E-state index contributed by atoms with van der Waals surface area (Å²) >= 11 is 0. The molecule has 0 bridgehead atoms. The van der Waals surface area contributed by atoms with Crippen LogP contribution >= 0.6 is 0 Å². The summed E-state index contributed by atoms with van der Waals surface area (Å²) in [6, 6.07) is 0. The molecule has 1 atom stereocenters. The fourth-order valence-electron chi connectivity index (χ4n) is 3.56. The Morgan fingerprint density at radius 2 is 1.43 bits per heavy atom. The van der Waals surface area contributed by atoms with Crippen LogP contribution in [0.25, 0.3) is 0 Å². The topological polar surface area (TPSA) is 52.6 Å². The van der Waals surface area contributed by atoms with Crippen LogP contribution in [0, 0.1) is 23.7 Å². The van der Waals surface area contributed by atoms with Gasteiger partial charge in [-0.05, 0) is 37.0 Å². The van der Waals surface area contributed by atoms with E-state index in [1.807, 2.05) is 13.8 Å². The molecule has 0 aromatic rings. The number of rotatable bonds is 10. The second-order valence-corrected chi connectivity index (χ2v) is 7.15. The Labute approximate surface area is 141 Å². The van der Waals surface area contributed by atoms with Crippen LogP contribution in [0.1, 0.15) is 72.6 Å². The summed E-state index contributed by atoms with van der Waals surface area (Å²) in [5, 5.41) is 0. The molecule has 0 aromatic heterocycles. The number of ether oxygens (including phenoxy) is 2. The summed E-state index contributed by atoms with van der Waals surface area (Å²) in [6.07, 6.45) is 7.01. The van der Waals surface area contributed by atoms with Crippen LogP contribution in [-0.2, 0) is 19.1 Å². The monoisotopic (exact) mass is 326 g/mol. The Balaban J connectivity index is 2.94. The molecule has 0 aromatic carbocycles. The SMILES string of the molecule is CCCOC(=O)C(C(=O)OCCC)C(CC(C)C)C1CCCC1. The molecule has 0 saturated heterocycles. The van der Waals surface area contributed by atoms with E-state index < -0.39 is 5.92 Å². The van der Waals surface area contributed by atoms with Gasteiger partial charge in [-0.2, -0.15) is 0 Å². The Hall–Kier alpha value is -1.06. The summed E-state index contributed by atoms with van der Waals surface area (Å²) < 4.78 is 10.7. The molecule has 1 unspecified atom stereocenters. The zero-order valence-electron chi connectivity index (χ0n) is 15.3. The summed E-state index contributed by atoms with van der Waals surface area (Å²) in [5.41, 5.74) is 0. The molecule has 1 saturated carbocycles. The first-order valence-corrected chi connectivity index (χ1v) is 9.34. The van der Waals surface area contributed by atoms with Gasteiger partial charge < -0.3 is 9.47 Å². The van der Waals surface area contributed by atoms with Crippen LogP contribution in [0.2, 0.25) is 0 Å². The lowest BCUT2D eigenvalue weighted by molar-refractivity contribution is -0.166. The number of carbonyl (C=O) groups excluding carboxylic acids is 2. The molecule has 0 spiro atoms. The Morgan fingerprint density at radius 1 is 0.957 bits per heavy atom. The van der Waals surface area contributed by atoms with Crippen molar-refractivity contribution in [2.75, 3.05) is 13.2 Å². The average Bonchev–Trinajstić information content (AvgIpc) is 3.04. The van der Waals surface area contributed by atoms with Crippen molar-refractivity contribution in [3.63, 3.8) is 0 Å². The highest BCUT2D eigenvalue weighted by molar-refractivity contribution is 5.95. The molecule has 1 aliphatic rings. The number of carbonyl (C=O) groups is 2. The van der Waals surface area contributed by atoms with E-state index in [-0.39, 0.29) is 17.9 Å². The lowest BCUT2D eigenvalue weighted by Gasteiger charge is -2.30. The highest BCUT2D eigenvalue weighted by Gasteiger charge is 2.42. The van der Waals surface area contributed by atoms with Gasteiger partial charge in [0.1, 0.15) is 0 Å². The van der Waals surface area contributed by atoms with Gasteiger partial charge in [-0.25, -0.2) is 0 Å². The van der Waals surface area contributed by atoms with Crippen molar-refractivity contribution in [1.29, 1.82) is 0 Å². The van der Waals surface area contributed by atoms with Crippen LogP contribution in [0.3, 0.4) is 0 Å². The van der Waals surface area contributed by atoms with Crippen molar-refractivity contribution >= 4 is 11.9 Å². The second-order valence-electron chi connectivity index (χ2n) is 7.15. The van der Waals surface area contributed by atoms with E-state index in [2.05, 4.69) is 13.8 Å². The maximum Gasteiger partial charge on any atom is 0.320 e. The Bertz CT molecular complexity index is 338. The second kappa shape index (κ2) is 10.7. The molecular formula is C19H34O4. The lowest BCUT2D eigenvalue weighted by Crippen LogP contribution is -2.38. The fourth-order valence-corrected chi connectivity index (χ4v) is 3.56. The van der Waals surface area contributed by atoms with E-state index in [1.54, 1.807) is 0 Å². The van der Waals surface area contributed by atoms with Crippen molar-refractivity contribution in [3.8, 4) is 0 Å². The third-order valence-corrected chi connectivity index (χ3v) is 4.58. The summed E-state index contributed by atoms with van der Waals surface area (Å²) in [4.78, 5) is 25.1. The molecule has 1 fully saturated rings. The maximum absolute atomic E-state index is 12.6. The lowest BCUT2D eigenvalue weighted by atomic mass is 9.75. The fraction of sp³-hybridized carbons (Fsp3) is 0.895. The van der Waals surface area contributed by atoms with Crippen molar-refractivity contribution in [2.24, 2.45) is 23.7 Å².